The zero-order valence-electron chi connectivity index (χ0n) is 21.4. The quantitative estimate of drug-likeness (QED) is 0.474. The van der Waals surface area contributed by atoms with Crippen molar-refractivity contribution in [1.82, 2.24) is 15.3 Å². The molecule has 2 saturated heterocycles. The highest BCUT2D eigenvalue weighted by Crippen LogP contribution is 2.41. The lowest BCUT2D eigenvalue weighted by Gasteiger charge is -2.36. The molecule has 4 rings (SSSR count). The van der Waals surface area contributed by atoms with Crippen LogP contribution in [0.2, 0.25) is 0 Å². The number of imidazole rings is 1. The van der Waals surface area contributed by atoms with Gasteiger partial charge in [-0.3, -0.25) is 4.79 Å². The molecule has 1 amide bonds. The van der Waals surface area contributed by atoms with Crippen molar-refractivity contribution in [2.45, 2.75) is 78.6 Å². The van der Waals surface area contributed by atoms with Crippen molar-refractivity contribution in [2.75, 3.05) is 19.8 Å². The van der Waals surface area contributed by atoms with Crippen LogP contribution in [0.5, 0.6) is 0 Å². The maximum Gasteiger partial charge on any atom is 0.227 e. The number of piperidine rings is 1. The van der Waals surface area contributed by atoms with Gasteiger partial charge in [0.25, 0.3) is 0 Å². The first-order chi connectivity index (χ1) is 16.3. The number of aromatic amines is 1. The third kappa shape index (κ3) is 5.96. The molecule has 3 aliphatic rings. The minimum Gasteiger partial charge on any atom is -0.381 e. The number of amides is 1. The van der Waals surface area contributed by atoms with Crippen LogP contribution in [0.15, 0.2) is 11.2 Å². The van der Waals surface area contributed by atoms with Gasteiger partial charge in [-0.05, 0) is 55.8 Å². The Morgan fingerprint density at radius 2 is 2.06 bits per heavy atom. The van der Waals surface area contributed by atoms with Gasteiger partial charge < -0.3 is 20.4 Å². The van der Waals surface area contributed by atoms with Gasteiger partial charge in [0.15, 0.2) is 0 Å². The summed E-state index contributed by atoms with van der Waals surface area (Å²) < 4.78 is 5.73. The summed E-state index contributed by atoms with van der Waals surface area (Å²) in [6.07, 6.45) is 8.96. The Bertz CT molecular complexity index is 887. The molecular weight excluding hydrogens is 426 g/mol. The molecule has 7 nitrogen and oxygen atoms in total. The molecule has 7 atom stereocenters. The monoisotopic (exact) mass is 469 g/mol. The first-order valence-corrected chi connectivity index (χ1v) is 13.4. The van der Waals surface area contributed by atoms with Crippen LogP contribution < -0.4 is 5.32 Å². The van der Waals surface area contributed by atoms with E-state index >= 15 is 0 Å². The van der Waals surface area contributed by atoms with Gasteiger partial charge in [-0.2, -0.15) is 0 Å². The number of aliphatic imine (C=N–C) groups is 1. The molecule has 34 heavy (non-hydrogen) atoms. The van der Waals surface area contributed by atoms with Crippen LogP contribution in [0.1, 0.15) is 84.3 Å². The number of rotatable bonds is 7. The summed E-state index contributed by atoms with van der Waals surface area (Å²) in [6, 6.07) is 0. The van der Waals surface area contributed by atoms with Gasteiger partial charge >= 0.3 is 0 Å². The van der Waals surface area contributed by atoms with Gasteiger partial charge in [0.05, 0.1) is 24.2 Å². The highest BCUT2D eigenvalue weighted by molar-refractivity contribution is 6.42. The summed E-state index contributed by atoms with van der Waals surface area (Å²) in [5.41, 5.74) is 2.32. The van der Waals surface area contributed by atoms with Gasteiger partial charge in [-0.15, -0.1) is 0 Å². The average molecular weight is 470 g/mol. The van der Waals surface area contributed by atoms with Gasteiger partial charge in [0, 0.05) is 43.0 Å². The molecule has 0 aromatic carbocycles. The SMILES string of the molecule is CC1C[C@@H](C)CC[C@@H]1[C@H](C)c1cnc(/N=C(\C(=N)C[C@H]2C[C@H](C)CNC2=O)C2CCCOC2)[nH]1. The fraction of sp³-hybridized carbons (Fsp3) is 0.778. The van der Waals surface area contributed by atoms with E-state index in [4.69, 9.17) is 15.1 Å². The Morgan fingerprint density at radius 3 is 2.79 bits per heavy atom. The van der Waals surface area contributed by atoms with E-state index in [1.54, 1.807) is 0 Å². The highest BCUT2D eigenvalue weighted by atomic mass is 16.5. The van der Waals surface area contributed by atoms with Crippen molar-refractivity contribution in [2.24, 2.45) is 40.5 Å². The summed E-state index contributed by atoms with van der Waals surface area (Å²) >= 11 is 0. The molecule has 0 spiro atoms. The molecule has 0 bridgehead atoms. The van der Waals surface area contributed by atoms with Gasteiger partial charge in [-0.1, -0.05) is 34.1 Å². The normalized spacial score (nSPS) is 33.9. The molecule has 7 heteroatoms. The summed E-state index contributed by atoms with van der Waals surface area (Å²) in [6.45, 7) is 11.3. The van der Waals surface area contributed by atoms with E-state index in [2.05, 4.69) is 43.0 Å². The van der Waals surface area contributed by atoms with E-state index in [0.29, 0.717) is 48.4 Å². The fourth-order valence-electron chi connectivity index (χ4n) is 6.37. The van der Waals surface area contributed by atoms with Crippen LogP contribution in [-0.4, -0.2) is 47.1 Å². The van der Waals surface area contributed by atoms with E-state index < -0.39 is 0 Å². The smallest absolute Gasteiger partial charge is 0.227 e. The summed E-state index contributed by atoms with van der Waals surface area (Å²) in [5.74, 6) is 3.59. The largest absolute Gasteiger partial charge is 0.381 e. The van der Waals surface area contributed by atoms with Crippen LogP contribution in [0.3, 0.4) is 0 Å². The molecule has 3 N–H and O–H groups in total. The van der Waals surface area contributed by atoms with Crippen LogP contribution in [0.4, 0.5) is 5.95 Å². The zero-order valence-corrected chi connectivity index (χ0v) is 21.4. The predicted octanol–water partition coefficient (Wildman–Crippen LogP) is 5.27. The molecule has 2 aliphatic heterocycles. The molecule has 3 fully saturated rings. The third-order valence-electron chi connectivity index (χ3n) is 8.43. The minimum absolute atomic E-state index is 0.0622. The maximum absolute atomic E-state index is 12.4. The number of carbonyl (C=O) groups excluding carboxylic acids is 1. The summed E-state index contributed by atoms with van der Waals surface area (Å²) in [4.78, 5) is 25.4. The predicted molar refractivity (Wildman–Crippen MR) is 136 cm³/mol. The lowest BCUT2D eigenvalue weighted by atomic mass is 9.70. The second-order valence-electron chi connectivity index (χ2n) is 11.4. The first-order valence-electron chi connectivity index (χ1n) is 13.4. The van der Waals surface area contributed by atoms with E-state index in [0.717, 1.165) is 49.7 Å². The lowest BCUT2D eigenvalue weighted by molar-refractivity contribution is -0.127. The molecule has 1 saturated carbocycles. The number of H-pyrrole nitrogens is 1. The van der Waals surface area contributed by atoms with Crippen molar-refractivity contribution < 1.29 is 9.53 Å². The number of nitrogens with zero attached hydrogens (tertiary/aromatic N) is 2. The maximum atomic E-state index is 12.4. The highest BCUT2D eigenvalue weighted by Gasteiger charge is 2.32. The molecule has 1 aromatic heterocycles. The van der Waals surface area contributed by atoms with Crippen LogP contribution >= 0.6 is 0 Å². The lowest BCUT2D eigenvalue weighted by Crippen LogP contribution is -2.42. The Hall–Kier alpha value is -2.02. The number of nitrogens with one attached hydrogen (secondary N) is 3. The van der Waals surface area contributed by atoms with Gasteiger partial charge in [0.1, 0.15) is 0 Å². The Balaban J connectivity index is 1.52. The molecular formula is C27H43N5O2. The van der Waals surface area contributed by atoms with Crippen molar-refractivity contribution in [3.8, 4) is 0 Å². The third-order valence-corrected chi connectivity index (χ3v) is 8.43. The average Bonchev–Trinajstić information content (AvgIpc) is 3.29. The van der Waals surface area contributed by atoms with E-state index in [1.165, 1.54) is 19.3 Å². The standard InChI is InChI=1S/C27H43N5O2/c1-16-7-8-22(18(3)10-16)19(4)24-14-30-27(31-24)32-25(20-6-5-9-34-15-20)23(28)12-21-11-17(2)13-29-26(21)33/h14,16-22,28H,5-13,15H2,1-4H3,(H,29,33)(H,30,31)/b28-23?,32-25-/t16-,17-,18?,19-,20?,21+,22-/m0/s1. The summed E-state index contributed by atoms with van der Waals surface area (Å²) in [5, 5.41) is 11.9. The van der Waals surface area contributed by atoms with E-state index in [9.17, 15) is 4.79 Å². The van der Waals surface area contributed by atoms with Crippen molar-refractivity contribution in [3.63, 3.8) is 0 Å². The Morgan fingerprint density at radius 1 is 1.24 bits per heavy atom. The number of hydrogen-bond acceptors (Lipinski definition) is 5. The Labute approximate surface area is 204 Å². The number of carbonyl (C=O) groups is 1. The van der Waals surface area contributed by atoms with Crippen LogP contribution in [0.25, 0.3) is 0 Å². The number of aromatic nitrogens is 2. The molecule has 0 radical (unpaired) electrons. The van der Waals surface area contributed by atoms with Crippen molar-refractivity contribution >= 4 is 23.3 Å². The number of hydrogen-bond donors (Lipinski definition) is 3. The zero-order chi connectivity index (χ0) is 24.2. The molecule has 1 aromatic rings. The molecule has 2 unspecified atom stereocenters. The van der Waals surface area contributed by atoms with Crippen LogP contribution in [0, 0.1) is 40.9 Å². The van der Waals surface area contributed by atoms with E-state index in [1.807, 2.05) is 6.20 Å². The molecule has 3 heterocycles. The van der Waals surface area contributed by atoms with Gasteiger partial charge in [0.2, 0.25) is 11.9 Å². The Kier molecular flexibility index (Phi) is 8.22. The van der Waals surface area contributed by atoms with Crippen molar-refractivity contribution in [3.05, 3.63) is 11.9 Å². The first kappa shape index (κ1) is 25.1. The number of ether oxygens (including phenoxy) is 1. The van der Waals surface area contributed by atoms with Gasteiger partial charge in [-0.25, -0.2) is 9.98 Å². The summed E-state index contributed by atoms with van der Waals surface area (Å²) in [7, 11) is 0. The topological polar surface area (TPSA) is 103 Å². The van der Waals surface area contributed by atoms with Crippen LogP contribution in [-0.2, 0) is 9.53 Å². The second kappa shape index (κ2) is 11.1. The molecule has 1 aliphatic carbocycles. The minimum atomic E-state index is -0.159. The fourth-order valence-corrected chi connectivity index (χ4v) is 6.37. The second-order valence-corrected chi connectivity index (χ2v) is 11.4. The van der Waals surface area contributed by atoms with E-state index in [-0.39, 0.29) is 17.7 Å². The molecule has 188 valence electrons. The van der Waals surface area contributed by atoms with Crippen molar-refractivity contribution in [1.29, 1.82) is 5.41 Å².